The third-order valence-electron chi connectivity index (χ3n) is 2.55. The van der Waals surface area contributed by atoms with Crippen LogP contribution in [-0.4, -0.2) is 45.4 Å². The van der Waals surface area contributed by atoms with Crippen molar-refractivity contribution in [1.29, 1.82) is 0 Å². The van der Waals surface area contributed by atoms with Crippen LogP contribution in [-0.2, 0) is 9.59 Å². The summed E-state index contributed by atoms with van der Waals surface area (Å²) in [7, 11) is 0. The molecule has 0 saturated carbocycles. The lowest BCUT2D eigenvalue weighted by Crippen LogP contribution is -2.49. The number of allylic oxidation sites excluding steroid dienone is 1. The number of hydrogen-bond donors (Lipinski definition) is 4. The van der Waals surface area contributed by atoms with Crippen LogP contribution < -0.4 is 5.32 Å². The van der Waals surface area contributed by atoms with Crippen molar-refractivity contribution in [2.75, 3.05) is 0 Å². The molecule has 1 rings (SSSR count). The molecule has 6 heteroatoms. The van der Waals surface area contributed by atoms with Crippen molar-refractivity contribution >= 4 is 11.9 Å². The van der Waals surface area contributed by atoms with Crippen LogP contribution in [0.5, 0.6) is 0 Å². The van der Waals surface area contributed by atoms with Gasteiger partial charge in [-0.05, 0) is 6.42 Å². The molecule has 1 amide bonds. The van der Waals surface area contributed by atoms with Gasteiger partial charge in [-0.15, -0.1) is 0 Å². The predicted molar refractivity (Wildman–Crippen MR) is 54.5 cm³/mol. The third kappa shape index (κ3) is 2.80. The Balaban J connectivity index is 2.81. The van der Waals surface area contributed by atoms with Gasteiger partial charge in [-0.3, -0.25) is 9.59 Å². The number of rotatable bonds is 2. The molecule has 4 N–H and O–H groups in total. The number of nitrogens with one attached hydrogen (secondary N) is 1. The summed E-state index contributed by atoms with van der Waals surface area (Å²) in [4.78, 5) is 21.6. The highest BCUT2D eigenvalue weighted by molar-refractivity contribution is 5.74. The fourth-order valence-corrected chi connectivity index (χ4v) is 1.69. The van der Waals surface area contributed by atoms with Gasteiger partial charge >= 0.3 is 5.97 Å². The second-order valence-electron chi connectivity index (χ2n) is 3.82. The zero-order valence-corrected chi connectivity index (χ0v) is 8.83. The lowest BCUT2D eigenvalue weighted by molar-refractivity contribution is -0.149. The molecular weight excluding hydrogens is 214 g/mol. The average molecular weight is 229 g/mol. The van der Waals surface area contributed by atoms with Gasteiger partial charge in [-0.2, -0.15) is 0 Å². The molecule has 0 radical (unpaired) electrons. The zero-order valence-electron chi connectivity index (χ0n) is 8.83. The highest BCUT2D eigenvalue weighted by Gasteiger charge is 2.36. The van der Waals surface area contributed by atoms with Crippen LogP contribution in [0.2, 0.25) is 0 Å². The fraction of sp³-hybridized carbons (Fsp3) is 0.600. The molecule has 1 aliphatic rings. The molecule has 0 spiro atoms. The van der Waals surface area contributed by atoms with Crippen LogP contribution in [0.25, 0.3) is 0 Å². The minimum absolute atomic E-state index is 0.129. The number of carboxylic acid groups (broad SMARTS) is 1. The molecule has 1 aliphatic carbocycles. The van der Waals surface area contributed by atoms with E-state index >= 15 is 0 Å². The second kappa shape index (κ2) is 5.09. The van der Waals surface area contributed by atoms with E-state index in [4.69, 9.17) is 5.11 Å². The monoisotopic (exact) mass is 229 g/mol. The van der Waals surface area contributed by atoms with E-state index in [0.717, 1.165) is 0 Å². The zero-order chi connectivity index (χ0) is 12.3. The van der Waals surface area contributed by atoms with Crippen molar-refractivity contribution in [2.24, 2.45) is 5.92 Å². The highest BCUT2D eigenvalue weighted by atomic mass is 16.4. The number of aliphatic hydroxyl groups is 2. The SMILES string of the molecule is CC(=O)N[C@H]1C=CC[C@H](C(=O)O)[C@H](O)[C@@H]1O. The second-order valence-corrected chi connectivity index (χ2v) is 3.82. The molecule has 90 valence electrons. The summed E-state index contributed by atoms with van der Waals surface area (Å²) < 4.78 is 0. The maximum atomic E-state index is 10.8. The summed E-state index contributed by atoms with van der Waals surface area (Å²) in [6, 6.07) is -0.753. The molecule has 0 aromatic carbocycles. The molecule has 0 fully saturated rings. The lowest BCUT2D eigenvalue weighted by Gasteiger charge is -2.25. The van der Waals surface area contributed by atoms with E-state index in [-0.39, 0.29) is 12.3 Å². The Labute approximate surface area is 92.6 Å². The Bertz CT molecular complexity index is 314. The van der Waals surface area contributed by atoms with E-state index in [1.54, 1.807) is 6.08 Å². The van der Waals surface area contributed by atoms with Gasteiger partial charge in [0.2, 0.25) is 5.91 Å². The molecule has 16 heavy (non-hydrogen) atoms. The van der Waals surface area contributed by atoms with Crippen molar-refractivity contribution in [2.45, 2.75) is 31.6 Å². The summed E-state index contributed by atoms with van der Waals surface area (Å²) >= 11 is 0. The average Bonchev–Trinajstić information content (AvgIpc) is 2.30. The van der Waals surface area contributed by atoms with E-state index in [0.29, 0.717) is 0 Å². The van der Waals surface area contributed by atoms with E-state index in [2.05, 4.69) is 5.32 Å². The fourth-order valence-electron chi connectivity index (χ4n) is 1.69. The smallest absolute Gasteiger partial charge is 0.309 e. The Morgan fingerprint density at radius 3 is 2.44 bits per heavy atom. The number of carbonyl (C=O) groups is 2. The summed E-state index contributed by atoms with van der Waals surface area (Å²) in [5.74, 6) is -2.57. The summed E-state index contributed by atoms with van der Waals surface area (Å²) in [5, 5.41) is 30.6. The van der Waals surface area contributed by atoms with Crippen molar-refractivity contribution in [3.63, 3.8) is 0 Å². The normalized spacial score (nSPS) is 34.2. The Morgan fingerprint density at radius 2 is 1.94 bits per heavy atom. The first-order valence-electron chi connectivity index (χ1n) is 4.96. The maximum Gasteiger partial charge on any atom is 0.309 e. The quantitative estimate of drug-likeness (QED) is 0.448. The van der Waals surface area contributed by atoms with E-state index in [1.807, 2.05) is 0 Å². The molecule has 0 aromatic heterocycles. The van der Waals surface area contributed by atoms with Crippen molar-refractivity contribution in [1.82, 2.24) is 5.32 Å². The van der Waals surface area contributed by atoms with Crippen LogP contribution in [0.1, 0.15) is 13.3 Å². The molecular formula is C10H15NO5. The minimum Gasteiger partial charge on any atom is -0.481 e. The predicted octanol–water partition coefficient (Wildman–Crippen LogP) is -1.13. The van der Waals surface area contributed by atoms with Crippen LogP contribution >= 0.6 is 0 Å². The highest BCUT2D eigenvalue weighted by Crippen LogP contribution is 2.20. The van der Waals surface area contributed by atoms with Crippen LogP contribution in [0.3, 0.4) is 0 Å². The van der Waals surface area contributed by atoms with Crippen molar-refractivity contribution in [3.05, 3.63) is 12.2 Å². The van der Waals surface area contributed by atoms with Gasteiger partial charge in [0, 0.05) is 6.92 Å². The van der Waals surface area contributed by atoms with Crippen LogP contribution in [0, 0.1) is 5.92 Å². The molecule has 4 atom stereocenters. The van der Waals surface area contributed by atoms with Crippen LogP contribution in [0.15, 0.2) is 12.2 Å². The molecule has 0 unspecified atom stereocenters. The number of amides is 1. The summed E-state index contributed by atoms with van der Waals surface area (Å²) in [6.45, 7) is 1.28. The van der Waals surface area contributed by atoms with Gasteiger partial charge in [0.15, 0.2) is 0 Å². The van der Waals surface area contributed by atoms with Crippen molar-refractivity contribution in [3.8, 4) is 0 Å². The summed E-state index contributed by atoms with van der Waals surface area (Å²) in [5.41, 5.74) is 0. The topological polar surface area (TPSA) is 107 Å². The molecule has 0 aliphatic heterocycles. The van der Waals surface area contributed by atoms with Gasteiger partial charge in [-0.1, -0.05) is 12.2 Å². The van der Waals surface area contributed by atoms with Gasteiger partial charge in [0.1, 0.15) is 6.10 Å². The standard InChI is InChI=1S/C10H15NO5/c1-5(12)11-7-4-2-3-6(10(15)16)8(13)9(7)14/h2,4,6-9,13-14H,3H2,1H3,(H,11,12)(H,15,16)/t6-,7-,8-,9+/m0/s1. The molecule has 0 saturated heterocycles. The maximum absolute atomic E-state index is 10.8. The van der Waals surface area contributed by atoms with Gasteiger partial charge in [-0.25, -0.2) is 0 Å². The molecule has 0 bridgehead atoms. The Hall–Kier alpha value is -1.40. The first kappa shape index (κ1) is 12.7. The number of carbonyl (C=O) groups excluding carboxylic acids is 1. The number of aliphatic carboxylic acids is 1. The first-order valence-corrected chi connectivity index (χ1v) is 4.96. The number of carboxylic acids is 1. The van der Waals surface area contributed by atoms with E-state index in [1.165, 1.54) is 13.0 Å². The molecule has 0 heterocycles. The minimum atomic E-state index is -1.40. The third-order valence-corrected chi connectivity index (χ3v) is 2.55. The van der Waals surface area contributed by atoms with Gasteiger partial charge in [0.25, 0.3) is 0 Å². The van der Waals surface area contributed by atoms with Gasteiger partial charge in [0.05, 0.1) is 18.1 Å². The lowest BCUT2D eigenvalue weighted by atomic mass is 9.94. The summed E-state index contributed by atoms with van der Waals surface area (Å²) in [6.07, 6.45) is 0.453. The Morgan fingerprint density at radius 1 is 1.31 bits per heavy atom. The van der Waals surface area contributed by atoms with Gasteiger partial charge < -0.3 is 20.6 Å². The van der Waals surface area contributed by atoms with Crippen LogP contribution in [0.4, 0.5) is 0 Å². The Kier molecular flexibility index (Phi) is 4.03. The first-order chi connectivity index (χ1) is 7.43. The largest absolute Gasteiger partial charge is 0.481 e. The molecule has 6 nitrogen and oxygen atoms in total. The number of hydrogen-bond acceptors (Lipinski definition) is 4. The van der Waals surface area contributed by atoms with E-state index < -0.39 is 30.1 Å². The van der Waals surface area contributed by atoms with Crippen molar-refractivity contribution < 1.29 is 24.9 Å². The number of aliphatic hydroxyl groups excluding tert-OH is 2. The molecule has 0 aromatic rings. The van der Waals surface area contributed by atoms with E-state index in [9.17, 15) is 19.8 Å².